The minimum absolute atomic E-state index is 0.0519. The van der Waals surface area contributed by atoms with Gasteiger partial charge in [0.05, 0.1) is 12.7 Å². The largest absolute Gasteiger partial charge is 0.497 e. The number of nitrogens with zero attached hydrogens (tertiary/aromatic N) is 1. The van der Waals surface area contributed by atoms with Gasteiger partial charge in [-0.3, -0.25) is 4.79 Å². The summed E-state index contributed by atoms with van der Waals surface area (Å²) < 4.78 is 7.00. The van der Waals surface area contributed by atoms with E-state index in [1.54, 1.807) is 19.1 Å². The van der Waals surface area contributed by atoms with Crippen LogP contribution >= 0.6 is 38.5 Å². The average Bonchev–Trinajstić information content (AvgIpc) is 2.48. The molecular weight excluding hydrogens is 433 g/mol. The van der Waals surface area contributed by atoms with Crippen LogP contribution in [0.3, 0.4) is 0 Å². The molecule has 20 heavy (non-hydrogen) atoms. The van der Waals surface area contributed by atoms with Crippen molar-refractivity contribution in [2.45, 2.75) is 0 Å². The number of methoxy groups -OCH3 is 1. The molecule has 1 amide bonds. The van der Waals surface area contributed by atoms with Crippen molar-refractivity contribution in [3.63, 3.8) is 0 Å². The fourth-order valence-corrected chi connectivity index (χ4v) is 2.71. The van der Waals surface area contributed by atoms with Crippen LogP contribution in [0.1, 0.15) is 10.4 Å². The van der Waals surface area contributed by atoms with E-state index in [9.17, 15) is 4.79 Å². The molecule has 0 bridgehead atoms. The zero-order chi connectivity index (χ0) is 14.7. The summed E-state index contributed by atoms with van der Waals surface area (Å²) in [5.41, 5.74) is 1.47. The van der Waals surface area contributed by atoms with Gasteiger partial charge in [-0.1, -0.05) is 22.0 Å². The lowest BCUT2D eigenvalue weighted by molar-refractivity contribution is 0.0992. The number of rotatable bonds is 3. The second-order valence-electron chi connectivity index (χ2n) is 4.19. The highest BCUT2D eigenvalue weighted by Gasteiger charge is 2.17. The first-order valence-corrected chi connectivity index (χ1v) is 7.77. The first-order valence-electron chi connectivity index (χ1n) is 5.90. The van der Waals surface area contributed by atoms with Crippen molar-refractivity contribution in [1.82, 2.24) is 0 Å². The van der Waals surface area contributed by atoms with Crippen LogP contribution in [0.4, 0.5) is 5.69 Å². The normalized spacial score (nSPS) is 10.2. The maximum absolute atomic E-state index is 12.6. The quantitative estimate of drug-likeness (QED) is 0.657. The molecule has 0 aliphatic carbocycles. The van der Waals surface area contributed by atoms with Crippen molar-refractivity contribution in [1.29, 1.82) is 0 Å². The molecule has 2 aromatic rings. The maximum atomic E-state index is 12.6. The standard InChI is InChI=1S/C15H13BrINO2/c1-18(11-4-3-5-12(9-11)20-2)15(19)13-8-10(16)6-7-14(13)17/h3-9H,1-2H3. The summed E-state index contributed by atoms with van der Waals surface area (Å²) in [5.74, 6) is 0.676. The average molecular weight is 446 g/mol. The monoisotopic (exact) mass is 445 g/mol. The van der Waals surface area contributed by atoms with Crippen molar-refractivity contribution in [3.05, 3.63) is 56.1 Å². The van der Waals surface area contributed by atoms with Crippen LogP contribution in [-0.4, -0.2) is 20.1 Å². The Morgan fingerprint density at radius 1 is 1.25 bits per heavy atom. The molecule has 3 nitrogen and oxygen atoms in total. The zero-order valence-corrected chi connectivity index (χ0v) is 14.8. The van der Waals surface area contributed by atoms with Gasteiger partial charge in [-0.25, -0.2) is 0 Å². The SMILES string of the molecule is COc1cccc(N(C)C(=O)c2cc(Br)ccc2I)c1. The van der Waals surface area contributed by atoms with Crippen molar-refractivity contribution in [3.8, 4) is 5.75 Å². The summed E-state index contributed by atoms with van der Waals surface area (Å²) in [6, 6.07) is 13.1. The second-order valence-corrected chi connectivity index (χ2v) is 6.27. The summed E-state index contributed by atoms with van der Waals surface area (Å²) in [4.78, 5) is 14.2. The summed E-state index contributed by atoms with van der Waals surface area (Å²) >= 11 is 5.56. The highest BCUT2D eigenvalue weighted by atomic mass is 127. The number of halogens is 2. The van der Waals surface area contributed by atoms with E-state index in [4.69, 9.17) is 4.74 Å². The molecule has 0 unspecified atom stereocenters. The lowest BCUT2D eigenvalue weighted by Crippen LogP contribution is -2.27. The van der Waals surface area contributed by atoms with E-state index in [1.807, 2.05) is 42.5 Å². The third-order valence-corrected chi connectivity index (χ3v) is 4.34. The maximum Gasteiger partial charge on any atom is 0.259 e. The molecule has 2 aromatic carbocycles. The number of amides is 1. The van der Waals surface area contributed by atoms with Crippen molar-refractivity contribution in [2.75, 3.05) is 19.1 Å². The summed E-state index contributed by atoms with van der Waals surface area (Å²) in [6.45, 7) is 0. The predicted octanol–water partition coefficient (Wildman–Crippen LogP) is 4.34. The van der Waals surface area contributed by atoms with Gasteiger partial charge in [-0.2, -0.15) is 0 Å². The molecule has 5 heteroatoms. The zero-order valence-electron chi connectivity index (χ0n) is 11.1. The molecule has 2 rings (SSSR count). The van der Waals surface area contributed by atoms with E-state index in [2.05, 4.69) is 38.5 Å². The Hall–Kier alpha value is -1.08. The number of anilines is 1. The molecule has 104 valence electrons. The van der Waals surface area contributed by atoms with Gasteiger partial charge in [0.25, 0.3) is 5.91 Å². The molecule has 0 spiro atoms. The predicted molar refractivity (Wildman–Crippen MR) is 92.6 cm³/mol. The fraction of sp³-hybridized carbons (Fsp3) is 0.133. The van der Waals surface area contributed by atoms with Crippen LogP contribution in [0.2, 0.25) is 0 Å². The summed E-state index contributed by atoms with van der Waals surface area (Å²) in [6.07, 6.45) is 0. The number of benzene rings is 2. The Bertz CT molecular complexity index is 646. The lowest BCUT2D eigenvalue weighted by atomic mass is 10.2. The van der Waals surface area contributed by atoms with Crippen LogP contribution in [0, 0.1) is 3.57 Å². The third kappa shape index (κ3) is 3.32. The van der Waals surface area contributed by atoms with Crippen molar-refractivity contribution < 1.29 is 9.53 Å². The molecule has 0 saturated heterocycles. The molecular formula is C15H13BrINO2. The van der Waals surface area contributed by atoms with Gasteiger partial charge in [0.15, 0.2) is 0 Å². The van der Waals surface area contributed by atoms with Crippen molar-refractivity contribution in [2.24, 2.45) is 0 Å². The van der Waals surface area contributed by atoms with E-state index in [0.29, 0.717) is 5.56 Å². The first-order chi connectivity index (χ1) is 9.52. The van der Waals surface area contributed by atoms with Gasteiger partial charge in [-0.15, -0.1) is 0 Å². The van der Waals surface area contributed by atoms with Gasteiger partial charge in [-0.05, 0) is 52.9 Å². The van der Waals surface area contributed by atoms with Gasteiger partial charge >= 0.3 is 0 Å². The molecule has 0 aliphatic heterocycles. The Morgan fingerprint density at radius 2 is 2.00 bits per heavy atom. The molecule has 0 heterocycles. The Morgan fingerprint density at radius 3 is 2.70 bits per heavy atom. The number of carbonyl (C=O) groups is 1. The third-order valence-electron chi connectivity index (χ3n) is 2.90. The highest BCUT2D eigenvalue weighted by Crippen LogP contribution is 2.24. The molecule has 0 radical (unpaired) electrons. The Balaban J connectivity index is 2.34. The van der Waals surface area contributed by atoms with Crippen LogP contribution in [0.15, 0.2) is 46.9 Å². The molecule has 0 fully saturated rings. The smallest absolute Gasteiger partial charge is 0.259 e. The van der Waals surface area contributed by atoms with E-state index in [-0.39, 0.29) is 5.91 Å². The first kappa shape index (κ1) is 15.3. The van der Waals surface area contributed by atoms with Gasteiger partial charge in [0.1, 0.15) is 5.75 Å². The van der Waals surface area contributed by atoms with E-state index < -0.39 is 0 Å². The summed E-state index contributed by atoms with van der Waals surface area (Å²) in [7, 11) is 3.37. The van der Waals surface area contributed by atoms with Gasteiger partial charge in [0, 0.05) is 26.8 Å². The minimum atomic E-state index is -0.0519. The highest BCUT2D eigenvalue weighted by molar-refractivity contribution is 14.1. The number of carbonyl (C=O) groups excluding carboxylic acids is 1. The number of hydrogen-bond donors (Lipinski definition) is 0. The van der Waals surface area contributed by atoms with E-state index in [0.717, 1.165) is 19.5 Å². The van der Waals surface area contributed by atoms with E-state index >= 15 is 0 Å². The molecule has 0 N–H and O–H groups in total. The van der Waals surface area contributed by atoms with Gasteiger partial charge in [0.2, 0.25) is 0 Å². The molecule has 0 aliphatic rings. The number of ether oxygens (including phenoxy) is 1. The Labute approximate surface area is 140 Å². The number of hydrogen-bond acceptors (Lipinski definition) is 2. The molecule has 0 atom stereocenters. The molecule has 0 saturated carbocycles. The van der Waals surface area contributed by atoms with Crippen LogP contribution in [0.5, 0.6) is 5.75 Å². The second kappa shape index (κ2) is 6.58. The van der Waals surface area contributed by atoms with Crippen LogP contribution in [-0.2, 0) is 0 Å². The van der Waals surface area contributed by atoms with Crippen LogP contribution in [0.25, 0.3) is 0 Å². The Kier molecular flexibility index (Phi) is 5.04. The minimum Gasteiger partial charge on any atom is -0.497 e. The lowest BCUT2D eigenvalue weighted by Gasteiger charge is -2.19. The fourth-order valence-electron chi connectivity index (χ4n) is 1.78. The topological polar surface area (TPSA) is 29.5 Å². The summed E-state index contributed by atoms with van der Waals surface area (Å²) in [5, 5.41) is 0. The van der Waals surface area contributed by atoms with E-state index in [1.165, 1.54) is 0 Å². The van der Waals surface area contributed by atoms with Crippen LogP contribution < -0.4 is 9.64 Å². The molecule has 0 aromatic heterocycles. The van der Waals surface area contributed by atoms with Crippen molar-refractivity contribution >= 4 is 50.1 Å². The van der Waals surface area contributed by atoms with Gasteiger partial charge < -0.3 is 9.64 Å².